The largest absolute Gasteiger partial charge is 0.487 e. The summed E-state index contributed by atoms with van der Waals surface area (Å²) in [6.07, 6.45) is 5.87. The Balaban J connectivity index is 2.28. The first-order chi connectivity index (χ1) is 14.0. The number of benzene rings is 1. The lowest BCUT2D eigenvalue weighted by Crippen LogP contribution is -2.42. The van der Waals surface area contributed by atoms with Gasteiger partial charge in [0, 0.05) is 19.3 Å². The van der Waals surface area contributed by atoms with E-state index in [0.29, 0.717) is 30.8 Å². The first-order valence-corrected chi connectivity index (χ1v) is 11.0. The fourth-order valence-corrected chi connectivity index (χ4v) is 3.84. The van der Waals surface area contributed by atoms with Gasteiger partial charge in [0.15, 0.2) is 11.5 Å². The quantitative estimate of drug-likeness (QED) is 0.226. The molecule has 29 heavy (non-hydrogen) atoms. The van der Waals surface area contributed by atoms with Crippen LogP contribution in [0.25, 0.3) is 0 Å². The standard InChI is InChI=1S/C24H34O5/c1-4-18(25)15-17-24(16-11-7-8-14-22(24)26)23(27)29-21-13-10-9-12-20(21)28-19(5-2)6-3/h9-10,12-13,19H,4-8,11,14-17H2,1-3H3. The molecule has 1 aromatic rings. The highest BCUT2D eigenvalue weighted by Crippen LogP contribution is 2.39. The molecule has 0 N–H and O–H groups in total. The molecule has 1 atom stereocenters. The molecule has 5 nitrogen and oxygen atoms in total. The highest BCUT2D eigenvalue weighted by Gasteiger charge is 2.47. The second-order valence-corrected chi connectivity index (χ2v) is 7.85. The summed E-state index contributed by atoms with van der Waals surface area (Å²) in [6, 6.07) is 7.09. The van der Waals surface area contributed by atoms with Crippen LogP contribution < -0.4 is 9.47 Å². The second kappa shape index (κ2) is 11.1. The van der Waals surface area contributed by atoms with E-state index in [-0.39, 0.29) is 30.5 Å². The lowest BCUT2D eigenvalue weighted by atomic mass is 9.75. The third-order valence-electron chi connectivity index (χ3n) is 5.91. The van der Waals surface area contributed by atoms with Crippen LogP contribution in [0, 0.1) is 5.41 Å². The smallest absolute Gasteiger partial charge is 0.325 e. The fraction of sp³-hybridized carbons (Fsp3) is 0.625. The Morgan fingerprint density at radius 3 is 2.38 bits per heavy atom. The summed E-state index contributed by atoms with van der Waals surface area (Å²) in [6.45, 7) is 5.90. The molecular formula is C24H34O5. The van der Waals surface area contributed by atoms with E-state index in [1.54, 1.807) is 25.1 Å². The van der Waals surface area contributed by atoms with Crippen molar-refractivity contribution in [3.05, 3.63) is 24.3 Å². The van der Waals surface area contributed by atoms with Gasteiger partial charge in [0.05, 0.1) is 6.10 Å². The maximum Gasteiger partial charge on any atom is 0.325 e. The van der Waals surface area contributed by atoms with Crippen LogP contribution >= 0.6 is 0 Å². The zero-order chi connectivity index (χ0) is 21.3. The molecule has 1 aliphatic carbocycles. The van der Waals surface area contributed by atoms with Crippen molar-refractivity contribution in [1.29, 1.82) is 0 Å². The summed E-state index contributed by atoms with van der Waals surface area (Å²) in [5.74, 6) is 0.265. The van der Waals surface area contributed by atoms with Crippen LogP contribution in [-0.2, 0) is 14.4 Å². The minimum atomic E-state index is -1.23. The van der Waals surface area contributed by atoms with E-state index in [4.69, 9.17) is 9.47 Å². The fourth-order valence-electron chi connectivity index (χ4n) is 3.84. The van der Waals surface area contributed by atoms with Crippen molar-refractivity contribution in [2.45, 2.75) is 91.1 Å². The lowest BCUT2D eigenvalue weighted by molar-refractivity contribution is -0.153. The third kappa shape index (κ3) is 5.91. The molecular weight excluding hydrogens is 368 g/mol. The van der Waals surface area contributed by atoms with Crippen LogP contribution in [0.15, 0.2) is 24.3 Å². The number of ether oxygens (including phenoxy) is 2. The number of carbonyl (C=O) groups is 3. The number of hydrogen-bond acceptors (Lipinski definition) is 5. The molecule has 1 saturated carbocycles. The number of esters is 1. The minimum absolute atomic E-state index is 0.0329. The van der Waals surface area contributed by atoms with Gasteiger partial charge >= 0.3 is 5.97 Å². The first kappa shape index (κ1) is 23.1. The maximum absolute atomic E-state index is 13.3. The predicted octanol–water partition coefficient (Wildman–Crippen LogP) is 5.44. The second-order valence-electron chi connectivity index (χ2n) is 7.85. The first-order valence-electron chi connectivity index (χ1n) is 11.0. The third-order valence-corrected chi connectivity index (χ3v) is 5.91. The molecule has 0 amide bonds. The van der Waals surface area contributed by atoms with Crippen LogP contribution in [0.5, 0.6) is 11.5 Å². The van der Waals surface area contributed by atoms with Crippen LogP contribution in [0.1, 0.15) is 85.0 Å². The zero-order valence-corrected chi connectivity index (χ0v) is 18.0. The lowest BCUT2D eigenvalue weighted by Gasteiger charge is -2.29. The molecule has 1 aliphatic rings. The number of para-hydroxylation sites is 2. The van der Waals surface area contributed by atoms with E-state index in [0.717, 1.165) is 32.1 Å². The number of carbonyl (C=O) groups excluding carboxylic acids is 3. The Kier molecular flexibility index (Phi) is 8.87. The molecule has 1 fully saturated rings. The molecule has 0 saturated heterocycles. The van der Waals surface area contributed by atoms with Crippen molar-refractivity contribution < 1.29 is 23.9 Å². The number of ketones is 2. The van der Waals surface area contributed by atoms with E-state index in [1.165, 1.54) is 0 Å². The molecule has 0 aliphatic heterocycles. The van der Waals surface area contributed by atoms with Gasteiger partial charge in [-0.1, -0.05) is 45.7 Å². The van der Waals surface area contributed by atoms with Gasteiger partial charge in [-0.15, -0.1) is 0 Å². The summed E-state index contributed by atoms with van der Waals surface area (Å²) in [5.41, 5.74) is -1.23. The molecule has 0 bridgehead atoms. The minimum Gasteiger partial charge on any atom is -0.487 e. The van der Waals surface area contributed by atoms with Crippen molar-refractivity contribution in [2.24, 2.45) is 5.41 Å². The van der Waals surface area contributed by atoms with Crippen molar-refractivity contribution in [3.8, 4) is 11.5 Å². The molecule has 2 rings (SSSR count). The Labute approximate surface area is 174 Å². The van der Waals surface area contributed by atoms with Crippen LogP contribution in [-0.4, -0.2) is 23.6 Å². The normalized spacial score (nSPS) is 19.7. The van der Waals surface area contributed by atoms with Crippen LogP contribution in [0.2, 0.25) is 0 Å². The van der Waals surface area contributed by atoms with Gasteiger partial charge in [0.1, 0.15) is 17.0 Å². The van der Waals surface area contributed by atoms with Gasteiger partial charge in [0.2, 0.25) is 0 Å². The SMILES string of the molecule is CCC(=O)CCC1(C(=O)Oc2ccccc2OC(CC)CC)CCCCCC1=O. The monoisotopic (exact) mass is 402 g/mol. The Morgan fingerprint density at radius 1 is 1.03 bits per heavy atom. The molecule has 0 aromatic heterocycles. The Morgan fingerprint density at radius 2 is 1.72 bits per heavy atom. The summed E-state index contributed by atoms with van der Waals surface area (Å²) in [5, 5.41) is 0. The molecule has 1 unspecified atom stereocenters. The molecule has 160 valence electrons. The van der Waals surface area contributed by atoms with Crippen molar-refractivity contribution in [1.82, 2.24) is 0 Å². The van der Waals surface area contributed by atoms with Gasteiger partial charge in [-0.25, -0.2) is 0 Å². The van der Waals surface area contributed by atoms with Crippen molar-refractivity contribution >= 4 is 17.5 Å². The summed E-state index contributed by atoms with van der Waals surface area (Å²) in [7, 11) is 0. The van der Waals surface area contributed by atoms with Gasteiger partial charge in [-0.05, 0) is 44.2 Å². The molecule has 0 spiro atoms. The highest BCUT2D eigenvalue weighted by molar-refractivity contribution is 6.05. The molecule has 0 radical (unpaired) electrons. The molecule has 0 heterocycles. The Hall–Kier alpha value is -2.17. The van der Waals surface area contributed by atoms with Gasteiger partial charge in [-0.3, -0.25) is 14.4 Å². The maximum atomic E-state index is 13.3. The van der Waals surface area contributed by atoms with E-state index in [2.05, 4.69) is 0 Å². The van der Waals surface area contributed by atoms with Crippen LogP contribution in [0.3, 0.4) is 0 Å². The van der Waals surface area contributed by atoms with E-state index >= 15 is 0 Å². The molecule has 5 heteroatoms. The van der Waals surface area contributed by atoms with Gasteiger partial charge < -0.3 is 9.47 Å². The predicted molar refractivity (Wildman–Crippen MR) is 112 cm³/mol. The van der Waals surface area contributed by atoms with Crippen molar-refractivity contribution in [3.63, 3.8) is 0 Å². The summed E-state index contributed by atoms with van der Waals surface area (Å²) < 4.78 is 11.8. The average Bonchev–Trinajstić information content (AvgIpc) is 2.93. The van der Waals surface area contributed by atoms with E-state index in [1.807, 2.05) is 19.9 Å². The number of hydrogen-bond donors (Lipinski definition) is 0. The van der Waals surface area contributed by atoms with E-state index in [9.17, 15) is 14.4 Å². The Bertz CT molecular complexity index is 707. The topological polar surface area (TPSA) is 69.7 Å². The van der Waals surface area contributed by atoms with E-state index < -0.39 is 11.4 Å². The number of rotatable bonds is 10. The highest BCUT2D eigenvalue weighted by atomic mass is 16.6. The van der Waals surface area contributed by atoms with Crippen molar-refractivity contribution in [2.75, 3.05) is 0 Å². The van der Waals surface area contributed by atoms with Gasteiger partial charge in [0.25, 0.3) is 0 Å². The number of Topliss-reactive ketones (excluding diaryl/α,β-unsaturated/α-hetero) is 2. The van der Waals surface area contributed by atoms with Gasteiger partial charge in [-0.2, -0.15) is 0 Å². The molecule has 1 aromatic carbocycles. The average molecular weight is 403 g/mol. The van der Waals surface area contributed by atoms with Crippen LogP contribution in [0.4, 0.5) is 0 Å². The summed E-state index contributed by atoms with van der Waals surface area (Å²) >= 11 is 0. The summed E-state index contributed by atoms with van der Waals surface area (Å²) in [4.78, 5) is 38.2. The zero-order valence-electron chi connectivity index (χ0n) is 18.0.